The van der Waals surface area contributed by atoms with E-state index in [0.29, 0.717) is 29.3 Å². The summed E-state index contributed by atoms with van der Waals surface area (Å²) in [6.07, 6.45) is 2.29. The van der Waals surface area contributed by atoms with Crippen molar-refractivity contribution >= 4 is 17.2 Å². The molecule has 1 aliphatic heterocycles. The quantitative estimate of drug-likeness (QED) is 0.455. The maximum absolute atomic E-state index is 12.6. The lowest BCUT2D eigenvalue weighted by atomic mass is 9.97. The second-order valence-corrected chi connectivity index (χ2v) is 6.97. The summed E-state index contributed by atoms with van der Waals surface area (Å²) in [5.74, 6) is 0.264. The molecule has 0 bridgehead atoms. The smallest absolute Gasteiger partial charge is 0.293 e. The van der Waals surface area contributed by atoms with Gasteiger partial charge in [0.05, 0.1) is 4.92 Å². The van der Waals surface area contributed by atoms with Crippen LogP contribution in [0.4, 0.5) is 11.4 Å². The molecule has 0 radical (unpaired) electrons. The summed E-state index contributed by atoms with van der Waals surface area (Å²) in [7, 11) is 0. The van der Waals surface area contributed by atoms with Crippen molar-refractivity contribution in [3.8, 4) is 0 Å². The topological polar surface area (TPSA) is 75.5 Å². The number of nitro benzene ring substituents is 1. The molecule has 27 heavy (non-hydrogen) atoms. The first-order chi connectivity index (χ1) is 13.1. The zero-order valence-electron chi connectivity index (χ0n) is 15.6. The number of rotatable bonds is 7. The number of carbonyl (C=O) groups excluding carboxylic acids is 1. The molecule has 1 fully saturated rings. The number of nitro groups is 1. The maximum atomic E-state index is 12.6. The molecule has 0 aromatic heterocycles. The van der Waals surface area contributed by atoms with E-state index in [1.807, 2.05) is 6.07 Å². The predicted octanol–water partition coefficient (Wildman–Crippen LogP) is 3.97. The molecule has 0 saturated carbocycles. The molecule has 142 valence electrons. The first-order valence-electron chi connectivity index (χ1n) is 9.43. The molecule has 0 unspecified atom stereocenters. The Balaban J connectivity index is 1.74. The van der Waals surface area contributed by atoms with Crippen molar-refractivity contribution in [2.45, 2.75) is 19.8 Å². The van der Waals surface area contributed by atoms with E-state index in [9.17, 15) is 14.9 Å². The molecule has 1 saturated heterocycles. The lowest BCUT2D eigenvalue weighted by Gasteiger charge is -2.32. The van der Waals surface area contributed by atoms with E-state index in [-0.39, 0.29) is 11.5 Å². The summed E-state index contributed by atoms with van der Waals surface area (Å²) in [4.78, 5) is 26.1. The zero-order valence-corrected chi connectivity index (χ0v) is 15.6. The molecular formula is C21H25N3O3. The highest BCUT2D eigenvalue weighted by Gasteiger charge is 2.22. The maximum Gasteiger partial charge on any atom is 0.293 e. The standard InChI is InChI=1S/C21H25N3O3/c1-2-23-12-6-7-16(15-23)14-22-19-11-10-18(13-20(19)24(26)27)21(25)17-8-4-3-5-9-17/h3-5,8-11,13,16,22H,2,6-7,12,14-15H2,1H3/t16-/m0/s1. The Morgan fingerprint density at radius 2 is 2.00 bits per heavy atom. The summed E-state index contributed by atoms with van der Waals surface area (Å²) in [6, 6.07) is 13.5. The van der Waals surface area contributed by atoms with Crippen LogP contribution in [0.15, 0.2) is 48.5 Å². The Bertz CT molecular complexity index is 808. The average molecular weight is 367 g/mol. The fourth-order valence-electron chi connectivity index (χ4n) is 3.59. The summed E-state index contributed by atoms with van der Waals surface area (Å²) in [6.45, 7) is 6.03. The Labute approximate surface area is 159 Å². The second-order valence-electron chi connectivity index (χ2n) is 6.97. The summed E-state index contributed by atoms with van der Waals surface area (Å²) >= 11 is 0. The van der Waals surface area contributed by atoms with Crippen LogP contribution in [0.1, 0.15) is 35.7 Å². The summed E-state index contributed by atoms with van der Waals surface area (Å²) in [5.41, 5.74) is 1.26. The van der Waals surface area contributed by atoms with Gasteiger partial charge in [-0.2, -0.15) is 0 Å². The molecule has 2 aromatic carbocycles. The molecule has 0 spiro atoms. The Hall–Kier alpha value is -2.73. The van der Waals surface area contributed by atoms with Gasteiger partial charge in [-0.1, -0.05) is 37.3 Å². The number of nitrogens with zero attached hydrogens (tertiary/aromatic N) is 2. The first kappa shape index (κ1) is 19.0. The largest absolute Gasteiger partial charge is 0.379 e. The van der Waals surface area contributed by atoms with E-state index in [1.54, 1.807) is 36.4 Å². The van der Waals surface area contributed by atoms with Crippen molar-refractivity contribution < 1.29 is 9.72 Å². The lowest BCUT2D eigenvalue weighted by Crippen LogP contribution is -2.37. The predicted molar refractivity (Wildman–Crippen MR) is 106 cm³/mol. The fraction of sp³-hybridized carbons (Fsp3) is 0.381. The molecule has 1 atom stereocenters. The number of benzene rings is 2. The minimum atomic E-state index is -0.427. The third kappa shape index (κ3) is 4.71. The third-order valence-corrected chi connectivity index (χ3v) is 5.12. The molecule has 0 aliphatic carbocycles. The van der Waals surface area contributed by atoms with Gasteiger partial charge in [0.1, 0.15) is 5.69 Å². The monoisotopic (exact) mass is 367 g/mol. The van der Waals surface area contributed by atoms with Crippen molar-refractivity contribution in [1.82, 2.24) is 4.90 Å². The van der Waals surface area contributed by atoms with Crippen molar-refractivity contribution in [2.24, 2.45) is 5.92 Å². The van der Waals surface area contributed by atoms with E-state index < -0.39 is 4.92 Å². The zero-order chi connectivity index (χ0) is 19.2. The number of likely N-dealkylation sites (tertiary alicyclic amines) is 1. The molecule has 1 heterocycles. The molecule has 6 nitrogen and oxygen atoms in total. The van der Waals surface area contributed by atoms with Crippen LogP contribution in [-0.4, -0.2) is 41.8 Å². The first-order valence-corrected chi connectivity index (χ1v) is 9.43. The minimum Gasteiger partial charge on any atom is -0.379 e. The highest BCUT2D eigenvalue weighted by atomic mass is 16.6. The van der Waals surface area contributed by atoms with Crippen molar-refractivity contribution in [1.29, 1.82) is 0 Å². The van der Waals surface area contributed by atoms with Crippen LogP contribution in [0.25, 0.3) is 0 Å². The second kappa shape index (κ2) is 8.77. The van der Waals surface area contributed by atoms with Gasteiger partial charge in [0.2, 0.25) is 0 Å². The van der Waals surface area contributed by atoms with Gasteiger partial charge in [-0.05, 0) is 44.0 Å². The van der Waals surface area contributed by atoms with Gasteiger partial charge in [-0.25, -0.2) is 0 Å². The van der Waals surface area contributed by atoms with Crippen LogP contribution >= 0.6 is 0 Å². The molecule has 1 N–H and O–H groups in total. The van der Waals surface area contributed by atoms with E-state index in [0.717, 1.165) is 32.5 Å². The van der Waals surface area contributed by atoms with Crippen LogP contribution in [0.3, 0.4) is 0 Å². The van der Waals surface area contributed by atoms with Gasteiger partial charge < -0.3 is 10.2 Å². The van der Waals surface area contributed by atoms with Gasteiger partial charge in [-0.3, -0.25) is 14.9 Å². The van der Waals surface area contributed by atoms with Gasteiger partial charge in [0.25, 0.3) is 5.69 Å². The van der Waals surface area contributed by atoms with Crippen LogP contribution in [0.2, 0.25) is 0 Å². The molecule has 2 aromatic rings. The van der Waals surface area contributed by atoms with E-state index in [4.69, 9.17) is 0 Å². The van der Waals surface area contributed by atoms with Crippen molar-refractivity contribution in [3.63, 3.8) is 0 Å². The van der Waals surface area contributed by atoms with Gasteiger partial charge >= 0.3 is 0 Å². The number of piperidine rings is 1. The Kier molecular flexibility index (Phi) is 6.19. The van der Waals surface area contributed by atoms with E-state index in [1.165, 1.54) is 6.07 Å². The van der Waals surface area contributed by atoms with Crippen LogP contribution < -0.4 is 5.32 Å². The highest BCUT2D eigenvalue weighted by Crippen LogP contribution is 2.28. The van der Waals surface area contributed by atoms with Crippen LogP contribution in [0, 0.1) is 16.0 Å². The normalized spacial score (nSPS) is 17.4. The van der Waals surface area contributed by atoms with Crippen LogP contribution in [-0.2, 0) is 0 Å². The van der Waals surface area contributed by atoms with E-state index in [2.05, 4.69) is 17.1 Å². The summed E-state index contributed by atoms with van der Waals surface area (Å²) < 4.78 is 0. The Morgan fingerprint density at radius 3 is 2.70 bits per heavy atom. The SMILES string of the molecule is CCN1CCC[C@@H](CNc2ccc(C(=O)c3ccccc3)cc2[N+](=O)[O-])C1. The van der Waals surface area contributed by atoms with Crippen molar-refractivity contribution in [3.05, 3.63) is 69.8 Å². The number of ketones is 1. The van der Waals surface area contributed by atoms with Gasteiger partial charge in [-0.15, -0.1) is 0 Å². The minimum absolute atomic E-state index is 0.0556. The number of hydrogen-bond donors (Lipinski definition) is 1. The van der Waals surface area contributed by atoms with Crippen molar-refractivity contribution in [2.75, 3.05) is 31.5 Å². The highest BCUT2D eigenvalue weighted by molar-refractivity contribution is 6.09. The third-order valence-electron chi connectivity index (χ3n) is 5.12. The average Bonchev–Trinajstić information content (AvgIpc) is 2.72. The molecule has 6 heteroatoms. The van der Waals surface area contributed by atoms with Crippen LogP contribution in [0.5, 0.6) is 0 Å². The van der Waals surface area contributed by atoms with Gasteiger partial charge in [0.15, 0.2) is 5.78 Å². The molecule has 3 rings (SSSR count). The lowest BCUT2D eigenvalue weighted by molar-refractivity contribution is -0.384. The summed E-state index contributed by atoms with van der Waals surface area (Å²) in [5, 5.41) is 14.8. The number of hydrogen-bond acceptors (Lipinski definition) is 5. The number of nitrogens with one attached hydrogen (secondary N) is 1. The molecular weight excluding hydrogens is 342 g/mol. The van der Waals surface area contributed by atoms with Gasteiger partial charge in [0, 0.05) is 30.3 Å². The number of carbonyl (C=O) groups is 1. The van der Waals surface area contributed by atoms with E-state index >= 15 is 0 Å². The Morgan fingerprint density at radius 1 is 1.22 bits per heavy atom. The fourth-order valence-corrected chi connectivity index (χ4v) is 3.59. The molecule has 1 aliphatic rings. The number of anilines is 1. The molecule has 0 amide bonds.